The number of nitrogens with one attached hydrogen (secondary N) is 2. The van der Waals surface area contributed by atoms with E-state index in [9.17, 15) is 14.4 Å². The van der Waals surface area contributed by atoms with E-state index in [4.69, 9.17) is 5.11 Å². The Bertz CT molecular complexity index is 690. The molecule has 0 spiro atoms. The van der Waals surface area contributed by atoms with Gasteiger partial charge in [0.1, 0.15) is 6.04 Å². The summed E-state index contributed by atoms with van der Waals surface area (Å²) < 4.78 is 0. The Kier molecular flexibility index (Phi) is 12.1. The van der Waals surface area contributed by atoms with Gasteiger partial charge in [-0.25, -0.2) is 0 Å². The molecule has 3 N–H and O–H groups in total. The molecule has 190 valence electrons. The van der Waals surface area contributed by atoms with Crippen molar-refractivity contribution < 1.29 is 19.5 Å². The van der Waals surface area contributed by atoms with E-state index in [1.807, 2.05) is 27.7 Å². The molecule has 0 saturated carbocycles. The summed E-state index contributed by atoms with van der Waals surface area (Å²) in [5.41, 5.74) is 0.488. The SMILES string of the molecule is C/C(=C\[C@H](C(C)C)N(C)C(=O)C(NC(=O)[C@H]1CCCCN1C(C)C)C(C)C)C(=O)NCCO. The van der Waals surface area contributed by atoms with Crippen molar-refractivity contribution in [1.82, 2.24) is 20.4 Å². The van der Waals surface area contributed by atoms with Crippen LogP contribution in [0.25, 0.3) is 0 Å². The third kappa shape index (κ3) is 8.41. The molecule has 8 nitrogen and oxygen atoms in total. The lowest BCUT2D eigenvalue weighted by Crippen LogP contribution is -2.58. The average Bonchev–Trinajstić information content (AvgIpc) is 2.77. The topological polar surface area (TPSA) is 102 Å². The van der Waals surface area contributed by atoms with E-state index in [0.29, 0.717) is 5.57 Å². The fourth-order valence-electron chi connectivity index (χ4n) is 4.37. The van der Waals surface area contributed by atoms with Gasteiger partial charge in [-0.3, -0.25) is 19.3 Å². The summed E-state index contributed by atoms with van der Waals surface area (Å²) in [6.07, 6.45) is 4.69. The Balaban J connectivity index is 3.03. The summed E-state index contributed by atoms with van der Waals surface area (Å²) in [6, 6.07) is -0.891. The van der Waals surface area contributed by atoms with Crippen LogP contribution in [-0.2, 0) is 14.4 Å². The van der Waals surface area contributed by atoms with Crippen LogP contribution in [-0.4, -0.2) is 83.5 Å². The highest BCUT2D eigenvalue weighted by Gasteiger charge is 2.35. The van der Waals surface area contributed by atoms with Gasteiger partial charge in [0.15, 0.2) is 0 Å². The van der Waals surface area contributed by atoms with E-state index < -0.39 is 6.04 Å². The number of likely N-dealkylation sites (N-methyl/N-ethyl adjacent to an activating group) is 1. The minimum absolute atomic E-state index is 0.0674. The first-order valence-electron chi connectivity index (χ1n) is 12.3. The number of likely N-dealkylation sites (tertiary alicyclic amines) is 1. The molecule has 0 aromatic carbocycles. The van der Waals surface area contributed by atoms with E-state index >= 15 is 0 Å². The van der Waals surface area contributed by atoms with Gasteiger partial charge in [-0.2, -0.15) is 0 Å². The van der Waals surface area contributed by atoms with Crippen LogP contribution in [0.3, 0.4) is 0 Å². The van der Waals surface area contributed by atoms with Gasteiger partial charge >= 0.3 is 0 Å². The maximum absolute atomic E-state index is 13.5. The number of piperidine rings is 1. The van der Waals surface area contributed by atoms with Crippen molar-refractivity contribution in [2.24, 2.45) is 11.8 Å². The average molecular weight is 467 g/mol. The highest BCUT2D eigenvalue weighted by atomic mass is 16.3. The number of nitrogens with zero attached hydrogens (tertiary/aromatic N) is 2. The first kappa shape index (κ1) is 29.1. The van der Waals surface area contributed by atoms with Gasteiger partial charge < -0.3 is 20.6 Å². The smallest absolute Gasteiger partial charge is 0.246 e. The minimum Gasteiger partial charge on any atom is -0.395 e. The molecule has 1 heterocycles. The van der Waals surface area contributed by atoms with Crippen LogP contribution in [0.15, 0.2) is 11.6 Å². The highest BCUT2D eigenvalue weighted by molar-refractivity contribution is 5.93. The zero-order chi connectivity index (χ0) is 25.3. The number of carbonyl (C=O) groups is 3. The second kappa shape index (κ2) is 13.7. The fourth-order valence-corrected chi connectivity index (χ4v) is 4.37. The van der Waals surface area contributed by atoms with Crippen LogP contribution in [0.2, 0.25) is 0 Å². The van der Waals surface area contributed by atoms with Crippen LogP contribution in [0.1, 0.15) is 67.7 Å². The predicted molar refractivity (Wildman–Crippen MR) is 131 cm³/mol. The van der Waals surface area contributed by atoms with Gasteiger partial charge in [-0.15, -0.1) is 0 Å². The molecule has 1 rings (SSSR count). The highest BCUT2D eigenvalue weighted by Crippen LogP contribution is 2.21. The van der Waals surface area contributed by atoms with E-state index in [2.05, 4.69) is 29.4 Å². The number of hydrogen-bond donors (Lipinski definition) is 3. The molecule has 1 saturated heterocycles. The molecule has 8 heteroatoms. The van der Waals surface area contributed by atoms with Gasteiger partial charge in [0.05, 0.1) is 18.7 Å². The second-order valence-corrected chi connectivity index (χ2v) is 10.1. The molecular weight excluding hydrogens is 420 g/mol. The maximum atomic E-state index is 13.5. The molecule has 1 aliphatic rings. The van der Waals surface area contributed by atoms with Crippen LogP contribution >= 0.6 is 0 Å². The quantitative estimate of drug-likeness (QED) is 0.404. The van der Waals surface area contributed by atoms with E-state index in [0.717, 1.165) is 25.8 Å². The fraction of sp³-hybridized carbons (Fsp3) is 0.800. The molecule has 0 aliphatic carbocycles. The van der Waals surface area contributed by atoms with Crippen molar-refractivity contribution in [3.8, 4) is 0 Å². The molecule has 3 atom stereocenters. The Hall–Kier alpha value is -1.93. The Morgan fingerprint density at radius 2 is 1.73 bits per heavy atom. The first-order chi connectivity index (χ1) is 15.4. The third-order valence-electron chi connectivity index (χ3n) is 6.39. The molecule has 0 bridgehead atoms. The first-order valence-corrected chi connectivity index (χ1v) is 12.3. The van der Waals surface area contributed by atoms with Crippen molar-refractivity contribution >= 4 is 17.7 Å². The molecular formula is C25H46N4O4. The standard InChI is InChI=1S/C25H46N4O4/c1-16(2)21(15-19(7)23(31)26-12-14-30)28(8)25(33)22(17(3)4)27-24(32)20-11-9-10-13-29(20)18(5)6/h15-18,20-22,30H,9-14H2,1-8H3,(H,26,31)(H,27,32)/b19-15+/t20-,21-,22?/m1/s1. The normalized spacial score (nSPS) is 19.5. The molecule has 1 aliphatic heterocycles. The summed E-state index contributed by atoms with van der Waals surface area (Å²) >= 11 is 0. The van der Waals surface area contributed by atoms with Crippen molar-refractivity contribution in [2.45, 2.75) is 91.9 Å². The van der Waals surface area contributed by atoms with Gasteiger partial charge in [0.2, 0.25) is 17.7 Å². The number of rotatable bonds is 11. The van der Waals surface area contributed by atoms with E-state index in [1.54, 1.807) is 24.9 Å². The van der Waals surface area contributed by atoms with Gasteiger partial charge in [0, 0.05) is 25.2 Å². The van der Waals surface area contributed by atoms with E-state index in [-0.39, 0.29) is 60.8 Å². The van der Waals surface area contributed by atoms with Gasteiger partial charge in [-0.1, -0.05) is 40.2 Å². The van der Waals surface area contributed by atoms with Crippen molar-refractivity contribution in [2.75, 3.05) is 26.7 Å². The minimum atomic E-state index is -0.642. The molecule has 33 heavy (non-hydrogen) atoms. The summed E-state index contributed by atoms with van der Waals surface area (Å²) in [5, 5.41) is 14.6. The summed E-state index contributed by atoms with van der Waals surface area (Å²) in [7, 11) is 1.73. The summed E-state index contributed by atoms with van der Waals surface area (Å²) in [4.78, 5) is 42.8. The number of amides is 3. The van der Waals surface area contributed by atoms with Crippen LogP contribution in [0, 0.1) is 11.8 Å². The zero-order valence-corrected chi connectivity index (χ0v) is 21.9. The zero-order valence-electron chi connectivity index (χ0n) is 21.9. The Morgan fingerprint density at radius 3 is 2.24 bits per heavy atom. The van der Waals surface area contributed by atoms with Crippen LogP contribution < -0.4 is 10.6 Å². The Morgan fingerprint density at radius 1 is 1.09 bits per heavy atom. The lowest BCUT2D eigenvalue weighted by molar-refractivity contribution is -0.140. The van der Waals surface area contributed by atoms with Crippen molar-refractivity contribution in [3.63, 3.8) is 0 Å². The number of aliphatic hydroxyl groups excluding tert-OH is 1. The lowest BCUT2D eigenvalue weighted by atomic mass is 9.95. The van der Waals surface area contributed by atoms with Crippen LogP contribution in [0.4, 0.5) is 0 Å². The molecule has 0 aromatic rings. The van der Waals surface area contributed by atoms with Gasteiger partial charge in [-0.05, 0) is 52.0 Å². The summed E-state index contributed by atoms with van der Waals surface area (Å²) in [5.74, 6) is -0.525. The summed E-state index contributed by atoms with van der Waals surface area (Å²) in [6.45, 7) is 14.7. The molecule has 1 unspecified atom stereocenters. The Labute approximate surface area is 200 Å². The van der Waals surface area contributed by atoms with Crippen molar-refractivity contribution in [1.29, 1.82) is 0 Å². The second-order valence-electron chi connectivity index (χ2n) is 10.1. The third-order valence-corrected chi connectivity index (χ3v) is 6.39. The van der Waals surface area contributed by atoms with Crippen molar-refractivity contribution in [3.05, 3.63) is 11.6 Å². The number of carbonyl (C=O) groups excluding carboxylic acids is 3. The molecule has 1 fully saturated rings. The van der Waals surface area contributed by atoms with E-state index in [1.165, 1.54) is 0 Å². The number of aliphatic hydroxyl groups is 1. The van der Waals surface area contributed by atoms with Crippen LogP contribution in [0.5, 0.6) is 0 Å². The predicted octanol–water partition coefficient (Wildman–Crippen LogP) is 1.93. The van der Waals surface area contributed by atoms with Gasteiger partial charge in [0.25, 0.3) is 0 Å². The molecule has 0 aromatic heterocycles. The molecule has 3 amide bonds. The number of hydrogen-bond acceptors (Lipinski definition) is 5. The lowest BCUT2D eigenvalue weighted by Gasteiger charge is -2.39. The largest absolute Gasteiger partial charge is 0.395 e. The molecule has 0 radical (unpaired) electrons. The maximum Gasteiger partial charge on any atom is 0.246 e. The monoisotopic (exact) mass is 466 g/mol.